The summed E-state index contributed by atoms with van der Waals surface area (Å²) >= 11 is 1.86. The van der Waals surface area contributed by atoms with E-state index in [1.165, 1.54) is 25.7 Å². The Hall–Kier alpha value is -2.47. The van der Waals surface area contributed by atoms with Crippen LogP contribution < -0.4 is 15.4 Å². The van der Waals surface area contributed by atoms with Gasteiger partial charge >= 0.3 is 0 Å². The van der Waals surface area contributed by atoms with Gasteiger partial charge in [0, 0.05) is 22.3 Å². The number of benzene rings is 2. The first-order chi connectivity index (χ1) is 13.7. The molecule has 0 radical (unpaired) electrons. The lowest BCUT2D eigenvalue weighted by Gasteiger charge is -2.18. The highest BCUT2D eigenvalue weighted by molar-refractivity contribution is 8.00. The van der Waals surface area contributed by atoms with E-state index in [1.807, 2.05) is 42.1 Å². The number of ether oxygens (including phenoxy) is 1. The summed E-state index contributed by atoms with van der Waals surface area (Å²) in [6.45, 7) is -0.0480. The Labute approximate surface area is 169 Å². The molecule has 2 aliphatic rings. The first-order valence-corrected chi connectivity index (χ1v) is 10.7. The predicted octanol–water partition coefficient (Wildman–Crippen LogP) is 4.62. The molecule has 0 saturated heterocycles. The van der Waals surface area contributed by atoms with Crippen LogP contribution in [-0.4, -0.2) is 23.7 Å². The number of carbonyl (C=O) groups excluding carboxylic acids is 2. The van der Waals surface area contributed by atoms with Crippen LogP contribution in [0, 0.1) is 0 Å². The molecule has 0 spiro atoms. The van der Waals surface area contributed by atoms with Gasteiger partial charge in [-0.05, 0) is 55.2 Å². The van der Waals surface area contributed by atoms with Crippen LogP contribution in [0.25, 0.3) is 0 Å². The van der Waals surface area contributed by atoms with E-state index in [2.05, 4.69) is 16.7 Å². The summed E-state index contributed by atoms with van der Waals surface area (Å²) in [7, 11) is 0. The lowest BCUT2D eigenvalue weighted by molar-refractivity contribution is -0.118. The van der Waals surface area contributed by atoms with Gasteiger partial charge in [-0.3, -0.25) is 9.59 Å². The van der Waals surface area contributed by atoms with Gasteiger partial charge < -0.3 is 15.4 Å². The van der Waals surface area contributed by atoms with E-state index in [4.69, 9.17) is 4.74 Å². The molecule has 1 aliphatic heterocycles. The molecule has 146 valence electrons. The van der Waals surface area contributed by atoms with Crippen molar-refractivity contribution in [2.75, 3.05) is 17.2 Å². The Morgan fingerprint density at radius 2 is 1.96 bits per heavy atom. The van der Waals surface area contributed by atoms with Crippen molar-refractivity contribution in [3.8, 4) is 5.75 Å². The van der Waals surface area contributed by atoms with Crippen LogP contribution >= 0.6 is 11.8 Å². The summed E-state index contributed by atoms with van der Waals surface area (Å²) in [6.07, 6.45) is 6.25. The zero-order valence-electron chi connectivity index (χ0n) is 15.7. The van der Waals surface area contributed by atoms with Crippen molar-refractivity contribution in [3.63, 3.8) is 0 Å². The van der Waals surface area contributed by atoms with Crippen LogP contribution in [0.2, 0.25) is 0 Å². The number of anilines is 2. The van der Waals surface area contributed by atoms with Gasteiger partial charge in [-0.2, -0.15) is 0 Å². The first-order valence-electron chi connectivity index (χ1n) is 9.78. The molecule has 0 aromatic heterocycles. The van der Waals surface area contributed by atoms with Gasteiger partial charge in [0.05, 0.1) is 5.69 Å². The maximum atomic E-state index is 12.4. The standard InChI is InChI=1S/C22H24N2O3S/c25-21-12-9-15-13-16(10-11-18(15)23-21)27-14-22(26)24-19-7-3-4-8-20(19)28-17-5-1-2-6-17/h3-4,7-8,10-11,13,17H,1-2,5-6,9,12,14H2,(H,23,25)(H,24,26). The Morgan fingerprint density at radius 3 is 2.82 bits per heavy atom. The molecule has 0 atom stereocenters. The summed E-state index contributed by atoms with van der Waals surface area (Å²) in [5, 5.41) is 6.47. The molecular formula is C22H24N2O3S. The summed E-state index contributed by atoms with van der Waals surface area (Å²) in [5.41, 5.74) is 2.71. The molecule has 6 heteroatoms. The van der Waals surface area contributed by atoms with Gasteiger partial charge in [0.2, 0.25) is 5.91 Å². The Balaban J connectivity index is 1.34. The molecule has 2 aromatic carbocycles. The second kappa shape index (κ2) is 8.69. The van der Waals surface area contributed by atoms with Crippen molar-refractivity contribution < 1.29 is 14.3 Å². The van der Waals surface area contributed by atoms with E-state index in [-0.39, 0.29) is 18.4 Å². The zero-order chi connectivity index (χ0) is 19.3. The van der Waals surface area contributed by atoms with Gasteiger partial charge in [-0.15, -0.1) is 11.8 Å². The molecule has 1 fully saturated rings. The molecule has 2 aromatic rings. The molecule has 1 heterocycles. The normalized spacial score (nSPS) is 16.4. The maximum absolute atomic E-state index is 12.4. The average Bonchev–Trinajstić information content (AvgIpc) is 3.21. The molecular weight excluding hydrogens is 372 g/mol. The van der Waals surface area contributed by atoms with E-state index in [0.29, 0.717) is 23.8 Å². The second-order valence-corrected chi connectivity index (χ2v) is 8.57. The fraction of sp³-hybridized carbons (Fsp3) is 0.364. The first kappa shape index (κ1) is 18.9. The fourth-order valence-electron chi connectivity index (χ4n) is 3.64. The van der Waals surface area contributed by atoms with Crippen molar-refractivity contribution in [3.05, 3.63) is 48.0 Å². The topological polar surface area (TPSA) is 67.4 Å². The van der Waals surface area contributed by atoms with E-state index in [1.54, 1.807) is 6.07 Å². The van der Waals surface area contributed by atoms with E-state index < -0.39 is 0 Å². The SMILES string of the molecule is O=C1CCc2cc(OCC(=O)Nc3ccccc3SC3CCCC3)ccc2N1. The van der Waals surface area contributed by atoms with Crippen LogP contribution in [-0.2, 0) is 16.0 Å². The number of amides is 2. The van der Waals surface area contributed by atoms with Crippen molar-refractivity contribution in [2.45, 2.75) is 48.7 Å². The summed E-state index contributed by atoms with van der Waals surface area (Å²) in [4.78, 5) is 25.0. The Morgan fingerprint density at radius 1 is 1.14 bits per heavy atom. The molecule has 4 rings (SSSR count). The molecule has 0 unspecified atom stereocenters. The van der Waals surface area contributed by atoms with Gasteiger partial charge in [0.15, 0.2) is 6.61 Å². The monoisotopic (exact) mass is 396 g/mol. The number of hydrogen-bond acceptors (Lipinski definition) is 4. The second-order valence-electron chi connectivity index (χ2n) is 7.22. The van der Waals surface area contributed by atoms with Crippen LogP contribution in [0.5, 0.6) is 5.75 Å². The van der Waals surface area contributed by atoms with Crippen molar-refractivity contribution >= 4 is 35.0 Å². The average molecular weight is 397 g/mol. The van der Waals surface area contributed by atoms with Gasteiger partial charge in [-0.25, -0.2) is 0 Å². The number of nitrogens with one attached hydrogen (secondary N) is 2. The molecule has 1 saturated carbocycles. The third kappa shape index (κ3) is 4.68. The number of thioether (sulfide) groups is 1. The number of para-hydroxylation sites is 1. The molecule has 5 nitrogen and oxygen atoms in total. The van der Waals surface area contributed by atoms with E-state index >= 15 is 0 Å². The van der Waals surface area contributed by atoms with E-state index in [9.17, 15) is 9.59 Å². The lowest BCUT2D eigenvalue weighted by Crippen LogP contribution is -2.21. The molecule has 1 aliphatic carbocycles. The molecule has 28 heavy (non-hydrogen) atoms. The van der Waals surface area contributed by atoms with Crippen molar-refractivity contribution in [1.82, 2.24) is 0 Å². The van der Waals surface area contributed by atoms with Gasteiger partial charge in [0.25, 0.3) is 5.91 Å². The van der Waals surface area contributed by atoms with Crippen LogP contribution in [0.3, 0.4) is 0 Å². The third-order valence-corrected chi connectivity index (χ3v) is 6.51. The smallest absolute Gasteiger partial charge is 0.262 e. The minimum atomic E-state index is -0.175. The number of hydrogen-bond donors (Lipinski definition) is 2. The van der Waals surface area contributed by atoms with Crippen LogP contribution in [0.4, 0.5) is 11.4 Å². The fourth-order valence-corrected chi connectivity index (χ4v) is 4.97. The third-order valence-electron chi connectivity index (χ3n) is 5.10. The minimum Gasteiger partial charge on any atom is -0.484 e. The number of fused-ring (bicyclic) bond motifs is 1. The van der Waals surface area contributed by atoms with E-state index in [0.717, 1.165) is 21.8 Å². The maximum Gasteiger partial charge on any atom is 0.262 e. The van der Waals surface area contributed by atoms with Crippen LogP contribution in [0.1, 0.15) is 37.7 Å². The predicted molar refractivity (Wildman–Crippen MR) is 112 cm³/mol. The van der Waals surface area contributed by atoms with Gasteiger partial charge in [-0.1, -0.05) is 25.0 Å². The molecule has 0 bridgehead atoms. The van der Waals surface area contributed by atoms with Crippen molar-refractivity contribution in [1.29, 1.82) is 0 Å². The number of rotatable bonds is 6. The quantitative estimate of drug-likeness (QED) is 0.747. The summed E-state index contributed by atoms with van der Waals surface area (Å²) in [5.74, 6) is 0.499. The summed E-state index contributed by atoms with van der Waals surface area (Å²) < 4.78 is 5.67. The van der Waals surface area contributed by atoms with Gasteiger partial charge in [0.1, 0.15) is 5.75 Å². The van der Waals surface area contributed by atoms with Crippen LogP contribution in [0.15, 0.2) is 47.4 Å². The Bertz CT molecular complexity index is 878. The van der Waals surface area contributed by atoms with Crippen molar-refractivity contribution in [2.24, 2.45) is 0 Å². The lowest BCUT2D eigenvalue weighted by atomic mass is 10.0. The highest BCUT2D eigenvalue weighted by Gasteiger charge is 2.18. The number of aryl methyl sites for hydroxylation is 1. The Kier molecular flexibility index (Phi) is 5.86. The minimum absolute atomic E-state index is 0.0367. The highest BCUT2D eigenvalue weighted by Crippen LogP contribution is 2.38. The molecule has 2 N–H and O–H groups in total. The summed E-state index contributed by atoms with van der Waals surface area (Å²) in [6, 6.07) is 13.5. The largest absolute Gasteiger partial charge is 0.484 e. The zero-order valence-corrected chi connectivity index (χ0v) is 16.5. The highest BCUT2D eigenvalue weighted by atomic mass is 32.2. The number of carbonyl (C=O) groups is 2. The molecule has 2 amide bonds.